The highest BCUT2D eigenvalue weighted by Gasteiger charge is 2.14. The van der Waals surface area contributed by atoms with Gasteiger partial charge in [-0.1, -0.05) is 30.3 Å². The molecule has 7 heteroatoms. The molecular formula is C17H15N7. The molecule has 3 heterocycles. The van der Waals surface area contributed by atoms with E-state index < -0.39 is 0 Å². The van der Waals surface area contributed by atoms with E-state index in [0.717, 1.165) is 11.1 Å². The Hall–Kier alpha value is -3.61. The van der Waals surface area contributed by atoms with Crippen LogP contribution in [0.2, 0.25) is 0 Å². The van der Waals surface area contributed by atoms with Gasteiger partial charge in [0.25, 0.3) is 0 Å². The summed E-state index contributed by atoms with van der Waals surface area (Å²) in [6.45, 7) is 0. The summed E-state index contributed by atoms with van der Waals surface area (Å²) in [4.78, 5) is 17.3. The van der Waals surface area contributed by atoms with Crippen LogP contribution >= 0.6 is 0 Å². The normalized spacial score (nSPS) is 10.7. The number of H-pyrrole nitrogens is 1. The molecule has 7 nitrogen and oxygen atoms in total. The summed E-state index contributed by atoms with van der Waals surface area (Å²) in [6, 6.07) is 13.4. The van der Waals surface area contributed by atoms with E-state index in [1.54, 1.807) is 18.6 Å². The van der Waals surface area contributed by atoms with Crippen LogP contribution in [0.15, 0.2) is 61.1 Å². The Balaban J connectivity index is 0.00000182. The quantitative estimate of drug-likeness (QED) is 0.602. The van der Waals surface area contributed by atoms with Gasteiger partial charge in [0.15, 0.2) is 17.5 Å². The van der Waals surface area contributed by atoms with Crippen molar-refractivity contribution < 1.29 is 1.43 Å². The summed E-state index contributed by atoms with van der Waals surface area (Å²) in [7, 11) is 0. The predicted octanol–water partition coefficient (Wildman–Crippen LogP) is 2.82. The summed E-state index contributed by atoms with van der Waals surface area (Å²) in [5.74, 6) is 1.35. The van der Waals surface area contributed by atoms with Crippen molar-refractivity contribution in [1.82, 2.24) is 30.1 Å². The Morgan fingerprint density at radius 3 is 2.54 bits per heavy atom. The van der Waals surface area contributed by atoms with Crippen molar-refractivity contribution in [2.45, 2.75) is 0 Å². The molecule has 3 aromatic heterocycles. The number of pyridine rings is 1. The van der Waals surface area contributed by atoms with E-state index in [0.29, 0.717) is 28.9 Å². The average Bonchev–Trinajstić information content (AvgIpc) is 3.13. The lowest BCUT2D eigenvalue weighted by molar-refractivity contribution is 1.08. The molecule has 24 heavy (non-hydrogen) atoms. The van der Waals surface area contributed by atoms with E-state index in [1.807, 2.05) is 42.5 Å². The first-order valence-corrected chi connectivity index (χ1v) is 7.32. The van der Waals surface area contributed by atoms with Crippen molar-refractivity contribution in [3.8, 4) is 34.2 Å². The smallest absolute Gasteiger partial charge is 0.181 e. The minimum absolute atomic E-state index is 0. The molecule has 4 rings (SSSR count). The molecular weight excluding hydrogens is 302 g/mol. The molecule has 1 aromatic carbocycles. The SMILES string of the molecule is Nc1ncc(-c2cccnc2)nc1-c1nc(-c2ccccc2)n[nH]1.[HH]. The van der Waals surface area contributed by atoms with Gasteiger partial charge in [-0.15, -0.1) is 0 Å². The van der Waals surface area contributed by atoms with Crippen LogP contribution in [0.4, 0.5) is 5.82 Å². The molecule has 0 atom stereocenters. The summed E-state index contributed by atoms with van der Waals surface area (Å²) in [5.41, 5.74) is 8.87. The molecule has 0 aliphatic carbocycles. The van der Waals surface area contributed by atoms with E-state index in [-0.39, 0.29) is 1.43 Å². The van der Waals surface area contributed by atoms with Crippen LogP contribution in [-0.2, 0) is 0 Å². The summed E-state index contributed by atoms with van der Waals surface area (Å²) in [6.07, 6.45) is 5.04. The molecule has 0 fully saturated rings. The first-order valence-electron chi connectivity index (χ1n) is 7.32. The maximum atomic E-state index is 5.97. The largest absolute Gasteiger partial charge is 0.382 e. The first-order chi connectivity index (χ1) is 11.8. The predicted molar refractivity (Wildman–Crippen MR) is 92.6 cm³/mol. The van der Waals surface area contributed by atoms with Gasteiger partial charge in [0.1, 0.15) is 5.69 Å². The van der Waals surface area contributed by atoms with Gasteiger partial charge in [-0.25, -0.2) is 15.0 Å². The number of rotatable bonds is 3. The van der Waals surface area contributed by atoms with Gasteiger partial charge in [-0.3, -0.25) is 10.1 Å². The fourth-order valence-corrected chi connectivity index (χ4v) is 2.31. The number of nitrogens with zero attached hydrogens (tertiary/aromatic N) is 5. The lowest BCUT2D eigenvalue weighted by Crippen LogP contribution is -2.00. The van der Waals surface area contributed by atoms with Crippen LogP contribution in [0.5, 0.6) is 0 Å². The summed E-state index contributed by atoms with van der Waals surface area (Å²) < 4.78 is 0. The fourth-order valence-electron chi connectivity index (χ4n) is 2.31. The number of anilines is 1. The zero-order chi connectivity index (χ0) is 16.4. The summed E-state index contributed by atoms with van der Waals surface area (Å²) in [5, 5.41) is 7.12. The van der Waals surface area contributed by atoms with E-state index >= 15 is 0 Å². The molecule has 0 saturated heterocycles. The molecule has 0 aliphatic heterocycles. The molecule has 0 aliphatic rings. The van der Waals surface area contributed by atoms with Gasteiger partial charge in [0.05, 0.1) is 11.9 Å². The Bertz CT molecular complexity index is 971. The minimum Gasteiger partial charge on any atom is -0.382 e. The second-order valence-electron chi connectivity index (χ2n) is 5.10. The number of nitrogen functional groups attached to an aromatic ring is 1. The Morgan fingerprint density at radius 2 is 1.75 bits per heavy atom. The molecule has 4 aromatic rings. The molecule has 0 bridgehead atoms. The minimum atomic E-state index is 0. The first kappa shape index (κ1) is 14.0. The highest BCUT2D eigenvalue weighted by atomic mass is 15.2. The zero-order valence-corrected chi connectivity index (χ0v) is 12.6. The fraction of sp³-hybridized carbons (Fsp3) is 0. The third kappa shape index (κ3) is 2.58. The van der Waals surface area contributed by atoms with Crippen molar-refractivity contribution in [3.63, 3.8) is 0 Å². The number of aromatic nitrogens is 6. The van der Waals surface area contributed by atoms with E-state index in [4.69, 9.17) is 5.73 Å². The van der Waals surface area contributed by atoms with Crippen LogP contribution in [-0.4, -0.2) is 30.1 Å². The average molecular weight is 317 g/mol. The van der Waals surface area contributed by atoms with Crippen LogP contribution in [0, 0.1) is 0 Å². The molecule has 3 N–H and O–H groups in total. The van der Waals surface area contributed by atoms with E-state index in [9.17, 15) is 0 Å². The summed E-state index contributed by atoms with van der Waals surface area (Å²) >= 11 is 0. The standard InChI is InChI=1S/C17H13N7.H2/c18-15-14(21-13(10-20-15)12-7-4-8-19-9-12)17-22-16(23-24-17)11-5-2-1-3-6-11;/h1-10H,(H2,18,20)(H,22,23,24);1H. The Morgan fingerprint density at radius 1 is 0.917 bits per heavy atom. The van der Waals surface area contributed by atoms with Gasteiger partial charge in [-0.05, 0) is 12.1 Å². The lowest BCUT2D eigenvalue weighted by atomic mass is 10.2. The zero-order valence-electron chi connectivity index (χ0n) is 12.6. The number of hydrogen-bond donors (Lipinski definition) is 2. The second kappa shape index (κ2) is 5.88. The highest BCUT2D eigenvalue weighted by molar-refractivity contribution is 5.69. The van der Waals surface area contributed by atoms with E-state index in [2.05, 4.69) is 30.1 Å². The monoisotopic (exact) mass is 317 g/mol. The van der Waals surface area contributed by atoms with Gasteiger partial charge in [0, 0.05) is 24.9 Å². The molecule has 0 unspecified atom stereocenters. The Kier molecular flexibility index (Phi) is 3.43. The van der Waals surface area contributed by atoms with Gasteiger partial charge < -0.3 is 5.73 Å². The molecule has 0 amide bonds. The van der Waals surface area contributed by atoms with Gasteiger partial charge >= 0.3 is 0 Å². The maximum Gasteiger partial charge on any atom is 0.181 e. The topological polar surface area (TPSA) is 106 Å². The van der Waals surface area contributed by atoms with Crippen molar-refractivity contribution >= 4 is 5.82 Å². The molecule has 0 radical (unpaired) electrons. The second-order valence-corrected chi connectivity index (χ2v) is 5.10. The van der Waals surface area contributed by atoms with Gasteiger partial charge in [-0.2, -0.15) is 5.10 Å². The van der Waals surface area contributed by atoms with E-state index in [1.165, 1.54) is 0 Å². The van der Waals surface area contributed by atoms with Crippen LogP contribution in [0.3, 0.4) is 0 Å². The van der Waals surface area contributed by atoms with Crippen molar-refractivity contribution in [2.75, 3.05) is 5.73 Å². The van der Waals surface area contributed by atoms with Crippen LogP contribution < -0.4 is 5.73 Å². The number of nitrogens with one attached hydrogen (secondary N) is 1. The number of aromatic amines is 1. The number of nitrogens with two attached hydrogens (primary N) is 1. The van der Waals surface area contributed by atoms with Crippen LogP contribution in [0.1, 0.15) is 1.43 Å². The highest BCUT2D eigenvalue weighted by Crippen LogP contribution is 2.24. The molecule has 0 spiro atoms. The lowest BCUT2D eigenvalue weighted by Gasteiger charge is -2.04. The molecule has 0 saturated carbocycles. The van der Waals surface area contributed by atoms with Crippen molar-refractivity contribution in [2.24, 2.45) is 0 Å². The van der Waals surface area contributed by atoms with Gasteiger partial charge in [0.2, 0.25) is 0 Å². The van der Waals surface area contributed by atoms with Crippen molar-refractivity contribution in [3.05, 3.63) is 61.1 Å². The Labute approximate surface area is 139 Å². The van der Waals surface area contributed by atoms with Crippen LogP contribution in [0.25, 0.3) is 34.2 Å². The number of benzene rings is 1. The molecule has 118 valence electrons. The third-order valence-electron chi connectivity index (χ3n) is 3.50. The maximum absolute atomic E-state index is 5.97. The number of hydrogen-bond acceptors (Lipinski definition) is 6. The van der Waals surface area contributed by atoms with Crippen molar-refractivity contribution in [1.29, 1.82) is 0 Å². The third-order valence-corrected chi connectivity index (χ3v) is 3.50.